The largest absolute Gasteiger partial charge is 0.324 e. The molecule has 0 aromatic heterocycles. The Morgan fingerprint density at radius 3 is 2.00 bits per heavy atom. The van der Waals surface area contributed by atoms with Crippen molar-refractivity contribution in [3.05, 3.63) is 0 Å². The SMILES string of the molecule is CCC(N)(CC)CNS(N)(=O)=O. The number of hydrogen-bond donors (Lipinski definition) is 3. The van der Waals surface area contributed by atoms with Gasteiger partial charge in [0.2, 0.25) is 0 Å². The maximum absolute atomic E-state index is 10.5. The molecule has 5 N–H and O–H groups in total. The van der Waals surface area contributed by atoms with Crippen molar-refractivity contribution in [2.45, 2.75) is 32.2 Å². The number of nitrogens with one attached hydrogen (secondary N) is 1. The highest BCUT2D eigenvalue weighted by Crippen LogP contribution is 2.09. The summed E-state index contributed by atoms with van der Waals surface area (Å²) in [4.78, 5) is 0. The first-order valence-corrected chi connectivity index (χ1v) is 5.44. The van der Waals surface area contributed by atoms with E-state index in [1.165, 1.54) is 0 Å². The first kappa shape index (κ1) is 11.8. The molecule has 0 atom stereocenters. The molecule has 0 unspecified atom stereocenters. The number of hydrogen-bond acceptors (Lipinski definition) is 3. The van der Waals surface area contributed by atoms with Gasteiger partial charge in [-0.2, -0.15) is 8.42 Å². The Morgan fingerprint density at radius 1 is 1.33 bits per heavy atom. The van der Waals surface area contributed by atoms with Gasteiger partial charge in [0.1, 0.15) is 0 Å². The summed E-state index contributed by atoms with van der Waals surface area (Å²) in [5.41, 5.74) is 5.34. The van der Waals surface area contributed by atoms with Gasteiger partial charge in [0.15, 0.2) is 0 Å². The third-order valence-corrected chi connectivity index (χ3v) is 2.58. The van der Waals surface area contributed by atoms with Crippen molar-refractivity contribution < 1.29 is 8.42 Å². The van der Waals surface area contributed by atoms with Crippen LogP contribution in [0.15, 0.2) is 0 Å². The summed E-state index contributed by atoms with van der Waals surface area (Å²) in [6.07, 6.45) is 1.43. The molecule has 0 amide bonds. The lowest BCUT2D eigenvalue weighted by Crippen LogP contribution is -2.50. The Bertz CT molecular complexity index is 221. The molecular weight excluding hydrogens is 178 g/mol. The summed E-state index contributed by atoms with van der Waals surface area (Å²) in [5.74, 6) is 0. The lowest BCUT2D eigenvalue weighted by atomic mass is 9.95. The molecular formula is C6H17N3O2S. The molecule has 0 rings (SSSR count). The summed E-state index contributed by atoms with van der Waals surface area (Å²) < 4.78 is 23.2. The molecule has 0 fully saturated rings. The lowest BCUT2D eigenvalue weighted by molar-refractivity contribution is 0.392. The zero-order valence-electron chi connectivity index (χ0n) is 7.50. The highest BCUT2D eigenvalue weighted by atomic mass is 32.2. The molecule has 0 saturated carbocycles. The number of rotatable bonds is 5. The van der Waals surface area contributed by atoms with E-state index >= 15 is 0 Å². The Labute approximate surface area is 73.7 Å². The maximum Gasteiger partial charge on any atom is 0.274 e. The standard InChI is InChI=1S/C6H17N3O2S/c1-3-6(7,4-2)5-9-12(8,10)11/h9H,3-5,7H2,1-2H3,(H2,8,10,11). The van der Waals surface area contributed by atoms with E-state index < -0.39 is 15.7 Å². The minimum Gasteiger partial charge on any atom is -0.324 e. The van der Waals surface area contributed by atoms with Crippen molar-refractivity contribution in [3.8, 4) is 0 Å². The van der Waals surface area contributed by atoms with Crippen LogP contribution in [0.2, 0.25) is 0 Å². The monoisotopic (exact) mass is 195 g/mol. The molecule has 0 aromatic carbocycles. The highest BCUT2D eigenvalue weighted by Gasteiger charge is 2.21. The van der Waals surface area contributed by atoms with Crippen LogP contribution >= 0.6 is 0 Å². The lowest BCUT2D eigenvalue weighted by Gasteiger charge is -2.26. The second kappa shape index (κ2) is 4.18. The smallest absolute Gasteiger partial charge is 0.274 e. The van der Waals surface area contributed by atoms with Crippen LogP contribution in [0, 0.1) is 0 Å². The van der Waals surface area contributed by atoms with E-state index in [-0.39, 0.29) is 6.54 Å². The van der Waals surface area contributed by atoms with E-state index in [1.54, 1.807) is 0 Å². The fraction of sp³-hybridized carbons (Fsp3) is 1.00. The molecule has 0 bridgehead atoms. The van der Waals surface area contributed by atoms with Crippen molar-refractivity contribution in [1.29, 1.82) is 0 Å². The van der Waals surface area contributed by atoms with E-state index in [9.17, 15) is 8.42 Å². The highest BCUT2D eigenvalue weighted by molar-refractivity contribution is 7.87. The Hall–Kier alpha value is -0.170. The van der Waals surface area contributed by atoms with Crippen LogP contribution in [0.4, 0.5) is 0 Å². The molecule has 0 aromatic rings. The van der Waals surface area contributed by atoms with Gasteiger partial charge in [0.25, 0.3) is 10.2 Å². The molecule has 12 heavy (non-hydrogen) atoms. The topological polar surface area (TPSA) is 98.2 Å². The van der Waals surface area contributed by atoms with Gasteiger partial charge in [0.05, 0.1) is 0 Å². The summed E-state index contributed by atoms with van der Waals surface area (Å²) in [7, 11) is -3.61. The molecule has 6 heteroatoms. The van der Waals surface area contributed by atoms with Crippen LogP contribution in [0.1, 0.15) is 26.7 Å². The van der Waals surface area contributed by atoms with Crippen LogP contribution in [0.5, 0.6) is 0 Å². The quantitative estimate of drug-likeness (QED) is 0.541. The molecule has 0 aliphatic carbocycles. The van der Waals surface area contributed by atoms with Crippen molar-refractivity contribution in [2.24, 2.45) is 10.9 Å². The summed E-state index contributed by atoms with van der Waals surface area (Å²) in [6.45, 7) is 4.02. The third-order valence-electron chi connectivity index (χ3n) is 2.03. The molecule has 0 aliphatic rings. The Kier molecular flexibility index (Phi) is 4.12. The fourth-order valence-electron chi connectivity index (χ4n) is 0.744. The van der Waals surface area contributed by atoms with E-state index in [0.29, 0.717) is 12.8 Å². The van der Waals surface area contributed by atoms with Crippen LogP contribution in [0.3, 0.4) is 0 Å². The van der Waals surface area contributed by atoms with Gasteiger partial charge in [-0.05, 0) is 12.8 Å². The Morgan fingerprint density at radius 2 is 1.75 bits per heavy atom. The zero-order chi connectivity index (χ0) is 9.83. The predicted octanol–water partition coefficient (Wildman–Crippen LogP) is -0.703. The first-order valence-electron chi connectivity index (χ1n) is 3.89. The second-order valence-corrected chi connectivity index (χ2v) is 4.31. The van der Waals surface area contributed by atoms with Crippen molar-refractivity contribution >= 4 is 10.2 Å². The predicted molar refractivity (Wildman–Crippen MR) is 48.6 cm³/mol. The van der Waals surface area contributed by atoms with E-state index in [0.717, 1.165) is 0 Å². The molecule has 0 radical (unpaired) electrons. The maximum atomic E-state index is 10.5. The van der Waals surface area contributed by atoms with Gasteiger partial charge >= 0.3 is 0 Å². The number of nitrogens with two attached hydrogens (primary N) is 2. The molecule has 5 nitrogen and oxygen atoms in total. The molecule has 0 saturated heterocycles. The van der Waals surface area contributed by atoms with E-state index in [1.807, 2.05) is 13.8 Å². The van der Waals surface area contributed by atoms with Crippen LogP contribution in [0.25, 0.3) is 0 Å². The van der Waals surface area contributed by atoms with E-state index in [2.05, 4.69) is 4.72 Å². The van der Waals surface area contributed by atoms with Crippen LogP contribution in [-0.2, 0) is 10.2 Å². The molecule has 0 spiro atoms. The minimum atomic E-state index is -3.61. The van der Waals surface area contributed by atoms with Gasteiger partial charge in [-0.25, -0.2) is 9.86 Å². The van der Waals surface area contributed by atoms with Crippen molar-refractivity contribution in [2.75, 3.05) is 6.54 Å². The average molecular weight is 195 g/mol. The first-order chi connectivity index (χ1) is 5.33. The van der Waals surface area contributed by atoms with Crippen molar-refractivity contribution in [1.82, 2.24) is 4.72 Å². The van der Waals surface area contributed by atoms with Gasteiger partial charge in [0, 0.05) is 12.1 Å². The van der Waals surface area contributed by atoms with Crippen LogP contribution < -0.4 is 15.6 Å². The summed E-state index contributed by atoms with van der Waals surface area (Å²) >= 11 is 0. The normalized spacial score (nSPS) is 13.3. The van der Waals surface area contributed by atoms with Gasteiger partial charge in [-0.15, -0.1) is 0 Å². The second-order valence-electron chi connectivity index (χ2n) is 2.94. The zero-order valence-corrected chi connectivity index (χ0v) is 8.32. The Balaban J connectivity index is 4.07. The fourth-order valence-corrected chi connectivity index (χ4v) is 1.23. The molecule has 0 aliphatic heterocycles. The summed E-state index contributed by atoms with van der Waals surface area (Å²) in [5, 5.41) is 4.76. The van der Waals surface area contributed by atoms with Gasteiger partial charge in [-0.3, -0.25) is 0 Å². The van der Waals surface area contributed by atoms with Crippen LogP contribution in [-0.4, -0.2) is 20.5 Å². The summed E-state index contributed by atoms with van der Waals surface area (Å²) in [6, 6.07) is 0. The minimum absolute atomic E-state index is 0.193. The molecule has 0 heterocycles. The average Bonchev–Trinajstić information content (AvgIpc) is 1.99. The van der Waals surface area contributed by atoms with Gasteiger partial charge in [-0.1, -0.05) is 13.8 Å². The van der Waals surface area contributed by atoms with E-state index in [4.69, 9.17) is 10.9 Å². The van der Waals surface area contributed by atoms with Crippen molar-refractivity contribution in [3.63, 3.8) is 0 Å². The molecule has 74 valence electrons. The van der Waals surface area contributed by atoms with Gasteiger partial charge < -0.3 is 5.73 Å². The third kappa shape index (κ3) is 4.66.